The monoisotopic (exact) mass is 355 g/mol. The molecule has 0 saturated carbocycles. The van der Waals surface area contributed by atoms with Crippen molar-refractivity contribution in [3.8, 4) is 11.1 Å². The molecular weight excluding hydrogens is 334 g/mol. The van der Waals surface area contributed by atoms with Gasteiger partial charge in [-0.05, 0) is 46.4 Å². The molecule has 0 fully saturated rings. The number of rotatable bonds is 6. The average molecular weight is 355 g/mol. The Kier molecular flexibility index (Phi) is 4.28. The van der Waals surface area contributed by atoms with E-state index in [1.807, 2.05) is 54.6 Å². The lowest BCUT2D eigenvalue weighted by molar-refractivity contribution is -0.142. The van der Waals surface area contributed by atoms with Gasteiger partial charge in [-0.3, -0.25) is 0 Å². The number of carboxylic acid groups (broad SMARTS) is 1. The van der Waals surface area contributed by atoms with E-state index in [0.29, 0.717) is 0 Å². The van der Waals surface area contributed by atoms with Crippen molar-refractivity contribution >= 4 is 11.7 Å². The summed E-state index contributed by atoms with van der Waals surface area (Å²) in [5.41, 5.74) is 4.92. The number of hydrogen-bond acceptors (Lipinski definition) is 2. The Hall–Kier alpha value is -3.33. The number of aliphatic carboxylic acids is 1. The Morgan fingerprint density at radius 1 is 1.00 bits per heavy atom. The Morgan fingerprint density at radius 2 is 1.70 bits per heavy atom. The number of benzene rings is 3. The minimum absolute atomic E-state index is 0.282. The maximum Gasteiger partial charge on any atom is 0.334 e. The number of carbonyl (C=O) groups is 1. The highest BCUT2D eigenvalue weighted by atomic mass is 16.4. The lowest BCUT2D eigenvalue weighted by Gasteiger charge is -2.33. The maximum absolute atomic E-state index is 12.6. The molecule has 0 saturated heterocycles. The van der Waals surface area contributed by atoms with Crippen LogP contribution in [-0.4, -0.2) is 11.1 Å². The zero-order chi connectivity index (χ0) is 18.9. The molecule has 27 heavy (non-hydrogen) atoms. The van der Waals surface area contributed by atoms with Crippen molar-refractivity contribution in [1.82, 2.24) is 0 Å². The largest absolute Gasteiger partial charge is 0.479 e. The Morgan fingerprint density at radius 3 is 2.44 bits per heavy atom. The van der Waals surface area contributed by atoms with Crippen molar-refractivity contribution in [3.63, 3.8) is 0 Å². The summed E-state index contributed by atoms with van der Waals surface area (Å²) < 4.78 is 0. The van der Waals surface area contributed by atoms with Crippen LogP contribution in [0.3, 0.4) is 0 Å². The third-order valence-corrected chi connectivity index (χ3v) is 5.26. The van der Waals surface area contributed by atoms with Gasteiger partial charge >= 0.3 is 5.97 Å². The summed E-state index contributed by atoms with van der Waals surface area (Å²) in [4.78, 5) is 12.6. The molecule has 0 radical (unpaired) electrons. The smallest absolute Gasteiger partial charge is 0.334 e. The summed E-state index contributed by atoms with van der Waals surface area (Å²) in [5, 5.41) is 13.6. The lowest BCUT2D eigenvalue weighted by Crippen LogP contribution is -2.44. The molecule has 4 rings (SSSR count). The van der Waals surface area contributed by atoms with Crippen molar-refractivity contribution in [2.75, 3.05) is 5.32 Å². The number of hydrogen-bond donors (Lipinski definition) is 2. The number of fused-ring (bicyclic) bond motifs is 3. The number of carboxylic acids is 1. The normalized spacial score (nSPS) is 13.9. The van der Waals surface area contributed by atoms with Crippen molar-refractivity contribution in [3.05, 3.63) is 102 Å². The zero-order valence-corrected chi connectivity index (χ0v) is 15.0. The SMILES string of the molecule is C=CCC(Nc1ccccc1)(C(=O)O)c1cccc2c1Cc1ccccc1-2. The van der Waals surface area contributed by atoms with Gasteiger partial charge in [-0.25, -0.2) is 4.79 Å². The van der Waals surface area contributed by atoms with Gasteiger partial charge in [0.1, 0.15) is 0 Å². The minimum atomic E-state index is -1.27. The van der Waals surface area contributed by atoms with E-state index in [1.165, 1.54) is 11.1 Å². The van der Waals surface area contributed by atoms with Crippen molar-refractivity contribution in [1.29, 1.82) is 0 Å². The zero-order valence-electron chi connectivity index (χ0n) is 15.0. The molecule has 3 aromatic carbocycles. The lowest BCUT2D eigenvalue weighted by atomic mass is 9.81. The fourth-order valence-corrected chi connectivity index (χ4v) is 4.03. The summed E-state index contributed by atoms with van der Waals surface area (Å²) in [5.74, 6) is -0.907. The Balaban J connectivity index is 1.90. The van der Waals surface area contributed by atoms with Gasteiger partial charge in [-0.15, -0.1) is 6.58 Å². The summed E-state index contributed by atoms with van der Waals surface area (Å²) in [6.07, 6.45) is 2.69. The quantitative estimate of drug-likeness (QED) is 0.466. The van der Waals surface area contributed by atoms with Gasteiger partial charge in [-0.1, -0.05) is 66.7 Å². The molecule has 0 aliphatic heterocycles. The summed E-state index contributed by atoms with van der Waals surface area (Å²) in [6, 6.07) is 23.7. The van der Waals surface area contributed by atoms with Crippen LogP contribution < -0.4 is 5.32 Å². The van der Waals surface area contributed by atoms with Gasteiger partial charge < -0.3 is 10.4 Å². The fraction of sp³-hybridized carbons (Fsp3) is 0.125. The van der Waals surface area contributed by atoms with E-state index in [1.54, 1.807) is 6.08 Å². The van der Waals surface area contributed by atoms with Crippen LogP contribution in [0.4, 0.5) is 5.69 Å². The van der Waals surface area contributed by atoms with E-state index < -0.39 is 11.5 Å². The minimum Gasteiger partial charge on any atom is -0.479 e. The molecule has 1 aliphatic rings. The summed E-state index contributed by atoms with van der Waals surface area (Å²) >= 11 is 0. The van der Waals surface area contributed by atoms with Gasteiger partial charge in [0.15, 0.2) is 5.54 Å². The van der Waals surface area contributed by atoms with E-state index in [9.17, 15) is 9.90 Å². The number of para-hydroxylation sites is 1. The second kappa shape index (κ2) is 6.76. The first kappa shape index (κ1) is 17.1. The number of anilines is 1. The third kappa shape index (κ3) is 2.81. The van der Waals surface area contributed by atoms with E-state index >= 15 is 0 Å². The second-order valence-corrected chi connectivity index (χ2v) is 6.86. The standard InChI is InChI=1S/C24H21NO2/c1-2-15-24(23(26)27,25-18-10-4-3-5-11-18)22-14-8-13-20-19-12-7-6-9-17(19)16-21(20)22/h2-14,25H,1,15-16H2,(H,26,27). The second-order valence-electron chi connectivity index (χ2n) is 6.86. The molecule has 1 aliphatic carbocycles. The van der Waals surface area contributed by atoms with Gasteiger partial charge in [-0.2, -0.15) is 0 Å². The Bertz CT molecular complexity index is 1010. The predicted octanol–water partition coefficient (Wildman–Crippen LogP) is 5.23. The molecule has 134 valence electrons. The van der Waals surface area contributed by atoms with Crippen LogP contribution >= 0.6 is 0 Å². The molecule has 0 aromatic heterocycles. The highest BCUT2D eigenvalue weighted by Gasteiger charge is 2.42. The predicted molar refractivity (Wildman–Crippen MR) is 109 cm³/mol. The summed E-state index contributed by atoms with van der Waals surface area (Å²) in [6.45, 7) is 3.82. The summed E-state index contributed by atoms with van der Waals surface area (Å²) in [7, 11) is 0. The van der Waals surface area contributed by atoms with Crippen molar-refractivity contribution in [2.45, 2.75) is 18.4 Å². The molecule has 1 atom stereocenters. The van der Waals surface area contributed by atoms with Crippen LogP contribution in [-0.2, 0) is 16.8 Å². The molecule has 0 spiro atoms. The average Bonchev–Trinajstić information content (AvgIpc) is 3.07. The van der Waals surface area contributed by atoms with Crippen molar-refractivity contribution < 1.29 is 9.90 Å². The van der Waals surface area contributed by atoms with Crippen LogP contribution in [0, 0.1) is 0 Å². The molecule has 0 heterocycles. The molecule has 0 bridgehead atoms. The van der Waals surface area contributed by atoms with E-state index in [0.717, 1.165) is 28.8 Å². The maximum atomic E-state index is 12.6. The van der Waals surface area contributed by atoms with Crippen LogP contribution in [0.25, 0.3) is 11.1 Å². The molecular formula is C24H21NO2. The molecule has 0 amide bonds. The molecule has 3 heteroatoms. The van der Waals surface area contributed by atoms with Gasteiger partial charge in [0, 0.05) is 12.1 Å². The molecule has 2 N–H and O–H groups in total. The topological polar surface area (TPSA) is 49.3 Å². The highest BCUT2D eigenvalue weighted by Crippen LogP contribution is 2.43. The van der Waals surface area contributed by atoms with Crippen LogP contribution in [0.2, 0.25) is 0 Å². The highest BCUT2D eigenvalue weighted by molar-refractivity contribution is 5.88. The van der Waals surface area contributed by atoms with E-state index in [-0.39, 0.29) is 6.42 Å². The van der Waals surface area contributed by atoms with Crippen LogP contribution in [0.1, 0.15) is 23.1 Å². The van der Waals surface area contributed by atoms with E-state index in [2.05, 4.69) is 30.1 Å². The third-order valence-electron chi connectivity index (χ3n) is 5.26. The number of nitrogens with one attached hydrogen (secondary N) is 1. The van der Waals surface area contributed by atoms with Crippen LogP contribution in [0.15, 0.2) is 85.5 Å². The first-order valence-electron chi connectivity index (χ1n) is 9.04. The Labute approximate surface area is 159 Å². The molecule has 1 unspecified atom stereocenters. The molecule has 3 nitrogen and oxygen atoms in total. The van der Waals surface area contributed by atoms with Gasteiger partial charge in [0.05, 0.1) is 0 Å². The molecule has 3 aromatic rings. The first-order chi connectivity index (χ1) is 13.2. The van der Waals surface area contributed by atoms with Crippen molar-refractivity contribution in [2.24, 2.45) is 0 Å². The van der Waals surface area contributed by atoms with Crippen LogP contribution in [0.5, 0.6) is 0 Å². The van der Waals surface area contributed by atoms with Gasteiger partial charge in [0.25, 0.3) is 0 Å². The van der Waals surface area contributed by atoms with E-state index in [4.69, 9.17) is 0 Å². The van der Waals surface area contributed by atoms with Gasteiger partial charge in [0.2, 0.25) is 0 Å². The first-order valence-corrected chi connectivity index (χ1v) is 9.04. The fourth-order valence-electron chi connectivity index (χ4n) is 4.03.